The van der Waals surface area contributed by atoms with E-state index >= 15 is 0 Å². The summed E-state index contributed by atoms with van der Waals surface area (Å²) in [6.07, 6.45) is 3.03. The molecule has 0 spiro atoms. The molecule has 0 aliphatic rings. The van der Waals surface area contributed by atoms with E-state index in [0.717, 1.165) is 0 Å². The lowest BCUT2D eigenvalue weighted by molar-refractivity contribution is -0.384. The van der Waals surface area contributed by atoms with Gasteiger partial charge in [-0.2, -0.15) is 0 Å². The summed E-state index contributed by atoms with van der Waals surface area (Å²) in [4.78, 5) is 25.9. The predicted molar refractivity (Wildman–Crippen MR) is 69.3 cm³/mol. The van der Waals surface area contributed by atoms with Crippen LogP contribution in [0.1, 0.15) is 10.4 Å². The molecule has 0 atom stereocenters. The van der Waals surface area contributed by atoms with E-state index in [4.69, 9.17) is 0 Å². The third-order valence-corrected chi connectivity index (χ3v) is 3.04. The minimum atomic E-state index is -0.563. The monoisotopic (exact) mass is 325 g/mol. The summed E-state index contributed by atoms with van der Waals surface area (Å²) < 4.78 is 6.46. The number of nitro groups is 1. The van der Waals surface area contributed by atoms with Crippen molar-refractivity contribution in [1.29, 1.82) is 0 Å². The van der Waals surface area contributed by atoms with Gasteiger partial charge in [-0.1, -0.05) is 0 Å². The SMILES string of the molecule is COC(=O)c1ccc([N+](=O)[O-])c(-n2ccnc2Br)c1. The number of nitro benzene ring substituents is 1. The molecule has 0 saturated heterocycles. The summed E-state index contributed by atoms with van der Waals surface area (Å²) in [5.41, 5.74) is 0.326. The number of ether oxygens (including phenoxy) is 1. The molecule has 1 aromatic heterocycles. The number of rotatable bonds is 3. The van der Waals surface area contributed by atoms with Crippen LogP contribution >= 0.6 is 15.9 Å². The van der Waals surface area contributed by atoms with E-state index in [0.29, 0.717) is 4.73 Å². The molecule has 0 amide bonds. The van der Waals surface area contributed by atoms with Crippen LogP contribution in [0.4, 0.5) is 5.69 Å². The Bertz CT molecular complexity index is 653. The largest absolute Gasteiger partial charge is 0.465 e. The molecule has 0 radical (unpaired) electrons. The van der Waals surface area contributed by atoms with Crippen molar-refractivity contribution in [1.82, 2.24) is 9.55 Å². The molecule has 0 fully saturated rings. The zero-order valence-corrected chi connectivity index (χ0v) is 11.3. The molecule has 7 nitrogen and oxygen atoms in total. The number of carbonyl (C=O) groups excluding carboxylic acids is 1. The second-order valence-corrected chi connectivity index (χ2v) is 4.23. The van der Waals surface area contributed by atoms with Crippen molar-refractivity contribution in [2.45, 2.75) is 0 Å². The van der Waals surface area contributed by atoms with Crippen molar-refractivity contribution in [2.24, 2.45) is 0 Å². The average molecular weight is 326 g/mol. The van der Waals surface area contributed by atoms with Crippen LogP contribution in [0.5, 0.6) is 0 Å². The van der Waals surface area contributed by atoms with Gasteiger partial charge in [-0.3, -0.25) is 14.7 Å². The Morgan fingerprint density at radius 1 is 1.53 bits per heavy atom. The zero-order chi connectivity index (χ0) is 14.0. The van der Waals surface area contributed by atoms with Gasteiger partial charge in [0, 0.05) is 18.5 Å². The predicted octanol–water partition coefficient (Wildman–Crippen LogP) is 2.33. The van der Waals surface area contributed by atoms with Gasteiger partial charge in [0.25, 0.3) is 5.69 Å². The standard InChI is InChI=1S/C11H8BrN3O4/c1-19-10(16)7-2-3-8(15(17)18)9(6-7)14-5-4-13-11(14)12/h2-6H,1H3. The maximum atomic E-state index is 11.5. The molecular weight excluding hydrogens is 318 g/mol. The van der Waals surface area contributed by atoms with Gasteiger partial charge in [0.2, 0.25) is 0 Å². The van der Waals surface area contributed by atoms with Gasteiger partial charge in [0.05, 0.1) is 17.6 Å². The highest BCUT2D eigenvalue weighted by Gasteiger charge is 2.19. The Hall–Kier alpha value is -2.22. The summed E-state index contributed by atoms with van der Waals surface area (Å²) in [5.74, 6) is -0.563. The Balaban J connectivity index is 2.64. The highest BCUT2D eigenvalue weighted by atomic mass is 79.9. The van der Waals surface area contributed by atoms with Gasteiger partial charge in [-0.25, -0.2) is 9.78 Å². The fourth-order valence-corrected chi connectivity index (χ4v) is 2.01. The van der Waals surface area contributed by atoms with Gasteiger partial charge in [-0.15, -0.1) is 0 Å². The Kier molecular flexibility index (Phi) is 3.61. The van der Waals surface area contributed by atoms with Crippen LogP contribution in [-0.2, 0) is 4.74 Å². The quantitative estimate of drug-likeness (QED) is 0.491. The van der Waals surface area contributed by atoms with Gasteiger partial charge >= 0.3 is 5.97 Å². The molecule has 0 aliphatic heterocycles. The minimum Gasteiger partial charge on any atom is -0.465 e. The topological polar surface area (TPSA) is 87.3 Å². The molecule has 8 heteroatoms. The fourth-order valence-electron chi connectivity index (χ4n) is 1.58. The van der Waals surface area contributed by atoms with Gasteiger partial charge in [0.15, 0.2) is 4.73 Å². The summed E-state index contributed by atoms with van der Waals surface area (Å²) in [7, 11) is 1.25. The van der Waals surface area contributed by atoms with Crippen LogP contribution in [0.3, 0.4) is 0 Å². The zero-order valence-electron chi connectivity index (χ0n) is 9.74. The van der Waals surface area contributed by atoms with Gasteiger partial charge < -0.3 is 4.74 Å². The van der Waals surface area contributed by atoms with E-state index < -0.39 is 10.9 Å². The van der Waals surface area contributed by atoms with Crippen LogP contribution in [0.25, 0.3) is 5.69 Å². The smallest absolute Gasteiger partial charge is 0.337 e. The van der Waals surface area contributed by atoms with E-state index in [1.807, 2.05) is 0 Å². The van der Waals surface area contributed by atoms with Crippen molar-refractivity contribution in [2.75, 3.05) is 7.11 Å². The number of aromatic nitrogens is 2. The third kappa shape index (κ3) is 2.48. The average Bonchev–Trinajstić information content (AvgIpc) is 2.83. The van der Waals surface area contributed by atoms with Crippen LogP contribution in [0.2, 0.25) is 0 Å². The van der Waals surface area contributed by atoms with E-state index in [2.05, 4.69) is 25.7 Å². The maximum Gasteiger partial charge on any atom is 0.337 e. The second-order valence-electron chi connectivity index (χ2n) is 3.52. The van der Waals surface area contributed by atoms with Crippen LogP contribution in [0, 0.1) is 10.1 Å². The maximum absolute atomic E-state index is 11.5. The number of carbonyl (C=O) groups is 1. The minimum absolute atomic E-state index is 0.133. The van der Waals surface area contributed by atoms with Crippen molar-refractivity contribution in [3.63, 3.8) is 0 Å². The molecule has 1 aromatic carbocycles. The normalized spacial score (nSPS) is 10.2. The molecule has 2 rings (SSSR count). The van der Waals surface area contributed by atoms with Crippen molar-refractivity contribution in [3.8, 4) is 5.69 Å². The third-order valence-electron chi connectivity index (χ3n) is 2.45. The van der Waals surface area contributed by atoms with E-state index in [1.54, 1.807) is 6.20 Å². The first-order chi connectivity index (χ1) is 9.04. The first-order valence-electron chi connectivity index (χ1n) is 5.10. The summed E-state index contributed by atoms with van der Waals surface area (Å²) in [6, 6.07) is 3.99. The van der Waals surface area contributed by atoms with Gasteiger partial charge in [0.1, 0.15) is 5.69 Å². The van der Waals surface area contributed by atoms with Crippen LogP contribution in [-0.4, -0.2) is 27.6 Å². The summed E-state index contributed by atoms with van der Waals surface area (Å²) >= 11 is 3.18. The van der Waals surface area contributed by atoms with Crippen molar-refractivity contribution < 1.29 is 14.5 Å². The Morgan fingerprint density at radius 2 is 2.26 bits per heavy atom. The van der Waals surface area contributed by atoms with E-state index in [9.17, 15) is 14.9 Å². The molecule has 0 N–H and O–H groups in total. The number of hydrogen-bond donors (Lipinski definition) is 0. The lowest BCUT2D eigenvalue weighted by atomic mass is 10.1. The molecule has 0 aliphatic carbocycles. The lowest BCUT2D eigenvalue weighted by Crippen LogP contribution is -2.05. The number of imidazole rings is 1. The molecule has 2 aromatic rings. The summed E-state index contributed by atoms with van der Waals surface area (Å²) in [6.45, 7) is 0. The van der Waals surface area contributed by atoms with Gasteiger partial charge in [-0.05, 0) is 28.1 Å². The first kappa shape index (κ1) is 13.2. The number of benzene rings is 1. The summed E-state index contributed by atoms with van der Waals surface area (Å²) in [5, 5.41) is 11.0. The number of methoxy groups -OCH3 is 1. The second kappa shape index (κ2) is 5.19. The molecule has 0 bridgehead atoms. The number of hydrogen-bond acceptors (Lipinski definition) is 5. The van der Waals surface area contributed by atoms with Crippen LogP contribution in [0.15, 0.2) is 35.3 Å². The lowest BCUT2D eigenvalue weighted by Gasteiger charge is -2.07. The van der Waals surface area contributed by atoms with Crippen LogP contribution < -0.4 is 0 Å². The van der Waals surface area contributed by atoms with Crippen molar-refractivity contribution in [3.05, 3.63) is 51.0 Å². The molecule has 98 valence electrons. The fraction of sp³-hybridized carbons (Fsp3) is 0.0909. The highest BCUT2D eigenvalue weighted by Crippen LogP contribution is 2.27. The molecule has 0 saturated carbocycles. The molecule has 0 unspecified atom stereocenters. The highest BCUT2D eigenvalue weighted by molar-refractivity contribution is 9.10. The number of halogens is 1. The number of nitrogens with zero attached hydrogens (tertiary/aromatic N) is 3. The van der Waals surface area contributed by atoms with Crippen molar-refractivity contribution >= 4 is 27.6 Å². The van der Waals surface area contributed by atoms with E-state index in [-0.39, 0.29) is 16.9 Å². The molecule has 1 heterocycles. The first-order valence-corrected chi connectivity index (χ1v) is 5.90. The molecule has 19 heavy (non-hydrogen) atoms. The number of esters is 1. The Morgan fingerprint density at radius 3 is 2.79 bits per heavy atom. The Labute approximate surface area is 116 Å². The van der Waals surface area contributed by atoms with E-state index in [1.165, 1.54) is 36.1 Å². The molecular formula is C11H8BrN3O4.